The molecule has 1 saturated heterocycles. The Morgan fingerprint density at radius 3 is 2.56 bits per heavy atom. The van der Waals surface area contributed by atoms with Gasteiger partial charge in [0.15, 0.2) is 0 Å². The van der Waals surface area contributed by atoms with Crippen LogP contribution in [0.3, 0.4) is 0 Å². The van der Waals surface area contributed by atoms with Gasteiger partial charge >= 0.3 is 0 Å². The first kappa shape index (κ1) is 13.9. The summed E-state index contributed by atoms with van der Waals surface area (Å²) in [4.78, 5) is 5.06. The maximum atomic E-state index is 5.64. The Kier molecular flexibility index (Phi) is 6.32. The van der Waals surface area contributed by atoms with Gasteiger partial charge in [-0.2, -0.15) is 0 Å². The number of hydrogen-bond donors (Lipinski definition) is 0. The second-order valence-corrected chi connectivity index (χ2v) is 4.73. The van der Waals surface area contributed by atoms with E-state index < -0.39 is 0 Å². The third-order valence-electron chi connectivity index (χ3n) is 3.83. The molecule has 0 N–H and O–H groups in total. The van der Waals surface area contributed by atoms with Crippen LogP contribution in [-0.2, 0) is 4.74 Å². The summed E-state index contributed by atoms with van der Waals surface area (Å²) in [6.45, 7) is 15.7. The molecule has 0 unspecified atom stereocenters. The molecule has 96 valence electrons. The van der Waals surface area contributed by atoms with Gasteiger partial charge in [0, 0.05) is 12.6 Å². The molecule has 3 nitrogen and oxygen atoms in total. The zero-order chi connectivity index (χ0) is 12.0. The van der Waals surface area contributed by atoms with Crippen LogP contribution in [0.15, 0.2) is 0 Å². The molecule has 1 aliphatic heterocycles. The normalized spacial score (nSPS) is 27.6. The Bertz CT molecular complexity index is 183. The Hall–Kier alpha value is -0.120. The first-order valence-corrected chi connectivity index (χ1v) is 6.77. The number of ether oxygens (including phenoxy) is 1. The molecular weight excluding hydrogens is 200 g/mol. The zero-order valence-corrected chi connectivity index (χ0v) is 11.4. The predicted molar refractivity (Wildman–Crippen MR) is 68.9 cm³/mol. The second-order valence-electron chi connectivity index (χ2n) is 4.73. The summed E-state index contributed by atoms with van der Waals surface area (Å²) < 4.78 is 5.64. The highest BCUT2D eigenvalue weighted by molar-refractivity contribution is 4.77. The number of morpholine rings is 1. The average Bonchev–Trinajstić information content (AvgIpc) is 2.30. The van der Waals surface area contributed by atoms with E-state index >= 15 is 0 Å². The van der Waals surface area contributed by atoms with Crippen LogP contribution in [-0.4, -0.2) is 61.3 Å². The predicted octanol–water partition coefficient (Wildman–Crippen LogP) is 1.83. The van der Waals surface area contributed by atoms with Gasteiger partial charge in [0.1, 0.15) is 0 Å². The van der Waals surface area contributed by atoms with Gasteiger partial charge in [0.25, 0.3) is 0 Å². The lowest BCUT2D eigenvalue weighted by molar-refractivity contribution is -0.0558. The van der Waals surface area contributed by atoms with Gasteiger partial charge < -0.3 is 9.64 Å². The second kappa shape index (κ2) is 7.25. The lowest BCUT2D eigenvalue weighted by Gasteiger charge is -2.38. The van der Waals surface area contributed by atoms with Crippen LogP contribution < -0.4 is 0 Å². The minimum absolute atomic E-state index is 0.391. The molecule has 1 aliphatic rings. The Balaban J connectivity index is 2.21. The fraction of sp³-hybridized carbons (Fsp3) is 1.00. The molecule has 0 saturated carbocycles. The fourth-order valence-corrected chi connectivity index (χ4v) is 2.35. The van der Waals surface area contributed by atoms with Gasteiger partial charge in [-0.1, -0.05) is 13.8 Å². The maximum Gasteiger partial charge on any atom is 0.0700 e. The molecule has 0 aromatic heterocycles. The molecule has 1 fully saturated rings. The largest absolute Gasteiger partial charge is 0.376 e. The van der Waals surface area contributed by atoms with E-state index in [1.54, 1.807) is 0 Å². The van der Waals surface area contributed by atoms with Crippen molar-refractivity contribution in [1.82, 2.24) is 9.80 Å². The molecule has 0 aromatic carbocycles. The smallest absolute Gasteiger partial charge is 0.0700 e. The van der Waals surface area contributed by atoms with Gasteiger partial charge in [-0.15, -0.1) is 0 Å². The first-order valence-electron chi connectivity index (χ1n) is 6.77. The average molecular weight is 228 g/mol. The molecule has 0 bridgehead atoms. The van der Waals surface area contributed by atoms with Crippen LogP contribution in [0.25, 0.3) is 0 Å². The lowest BCUT2D eigenvalue weighted by atomic mass is 10.1. The standard InChI is InChI=1S/C13H28N2O/c1-5-14(6-2)8-7-9-15-10-11-16-13(4)12(15)3/h12-13H,5-11H2,1-4H3/t12-,13-/m1/s1. The summed E-state index contributed by atoms with van der Waals surface area (Å²) in [5, 5.41) is 0. The highest BCUT2D eigenvalue weighted by atomic mass is 16.5. The number of hydrogen-bond acceptors (Lipinski definition) is 3. The monoisotopic (exact) mass is 228 g/mol. The van der Waals surface area contributed by atoms with Crippen LogP contribution in [0, 0.1) is 0 Å². The van der Waals surface area contributed by atoms with Crippen LogP contribution in [0.5, 0.6) is 0 Å². The molecule has 1 rings (SSSR count). The molecule has 3 heteroatoms. The van der Waals surface area contributed by atoms with Crippen LogP contribution >= 0.6 is 0 Å². The summed E-state index contributed by atoms with van der Waals surface area (Å²) in [6, 6.07) is 0.574. The van der Waals surface area contributed by atoms with Gasteiger partial charge in [0.05, 0.1) is 12.7 Å². The lowest BCUT2D eigenvalue weighted by Crippen LogP contribution is -2.49. The van der Waals surface area contributed by atoms with E-state index in [0.29, 0.717) is 12.1 Å². The van der Waals surface area contributed by atoms with Crippen molar-refractivity contribution in [2.75, 3.05) is 39.3 Å². The molecular formula is C13H28N2O. The Morgan fingerprint density at radius 2 is 1.94 bits per heavy atom. The van der Waals surface area contributed by atoms with Crippen molar-refractivity contribution < 1.29 is 4.74 Å². The van der Waals surface area contributed by atoms with Crippen LogP contribution in [0.2, 0.25) is 0 Å². The van der Waals surface area contributed by atoms with Gasteiger partial charge in [0.2, 0.25) is 0 Å². The third-order valence-corrected chi connectivity index (χ3v) is 3.83. The highest BCUT2D eigenvalue weighted by Gasteiger charge is 2.24. The summed E-state index contributed by atoms with van der Waals surface area (Å²) >= 11 is 0. The van der Waals surface area contributed by atoms with E-state index in [0.717, 1.165) is 13.2 Å². The SMILES string of the molecule is CCN(CC)CCCN1CCO[C@H](C)[C@H]1C. The molecule has 0 amide bonds. The van der Waals surface area contributed by atoms with Gasteiger partial charge in [-0.05, 0) is 46.4 Å². The molecule has 0 radical (unpaired) electrons. The summed E-state index contributed by atoms with van der Waals surface area (Å²) in [7, 11) is 0. The molecule has 0 aliphatic carbocycles. The first-order chi connectivity index (χ1) is 7.69. The summed E-state index contributed by atoms with van der Waals surface area (Å²) in [6.07, 6.45) is 1.67. The van der Waals surface area contributed by atoms with Crippen LogP contribution in [0.4, 0.5) is 0 Å². The fourth-order valence-electron chi connectivity index (χ4n) is 2.35. The van der Waals surface area contributed by atoms with Gasteiger partial charge in [-0.25, -0.2) is 0 Å². The summed E-state index contributed by atoms with van der Waals surface area (Å²) in [5.41, 5.74) is 0. The van der Waals surface area contributed by atoms with Crippen LogP contribution in [0.1, 0.15) is 34.1 Å². The topological polar surface area (TPSA) is 15.7 Å². The minimum Gasteiger partial charge on any atom is -0.376 e. The van der Waals surface area contributed by atoms with Crippen molar-refractivity contribution in [3.63, 3.8) is 0 Å². The van der Waals surface area contributed by atoms with Crippen molar-refractivity contribution in [1.29, 1.82) is 0 Å². The van der Waals surface area contributed by atoms with E-state index in [1.165, 1.54) is 32.6 Å². The Morgan fingerprint density at radius 1 is 1.25 bits per heavy atom. The van der Waals surface area contributed by atoms with E-state index in [-0.39, 0.29) is 0 Å². The van der Waals surface area contributed by atoms with E-state index in [4.69, 9.17) is 4.74 Å². The summed E-state index contributed by atoms with van der Waals surface area (Å²) in [5.74, 6) is 0. The molecule has 0 aromatic rings. The van der Waals surface area contributed by atoms with E-state index in [2.05, 4.69) is 37.5 Å². The van der Waals surface area contributed by atoms with Crippen molar-refractivity contribution in [3.8, 4) is 0 Å². The van der Waals surface area contributed by atoms with E-state index in [1.807, 2.05) is 0 Å². The molecule has 1 heterocycles. The highest BCUT2D eigenvalue weighted by Crippen LogP contribution is 2.13. The number of nitrogens with zero attached hydrogens (tertiary/aromatic N) is 2. The number of rotatable bonds is 6. The zero-order valence-electron chi connectivity index (χ0n) is 11.4. The molecule has 2 atom stereocenters. The van der Waals surface area contributed by atoms with E-state index in [9.17, 15) is 0 Å². The van der Waals surface area contributed by atoms with Gasteiger partial charge in [-0.3, -0.25) is 4.90 Å². The molecule has 16 heavy (non-hydrogen) atoms. The van der Waals surface area contributed by atoms with Crippen molar-refractivity contribution in [3.05, 3.63) is 0 Å². The quantitative estimate of drug-likeness (QED) is 0.690. The minimum atomic E-state index is 0.391. The molecule has 0 spiro atoms. The third kappa shape index (κ3) is 4.04. The maximum absolute atomic E-state index is 5.64. The van der Waals surface area contributed by atoms with Crippen molar-refractivity contribution in [2.45, 2.75) is 46.3 Å². The Labute approximate surface area is 101 Å². The van der Waals surface area contributed by atoms with Crippen molar-refractivity contribution in [2.24, 2.45) is 0 Å². The van der Waals surface area contributed by atoms with Crippen molar-refractivity contribution >= 4 is 0 Å².